The molecule has 4 atom stereocenters. The van der Waals surface area contributed by atoms with E-state index in [9.17, 15) is 0 Å². The van der Waals surface area contributed by atoms with Gasteiger partial charge in [-0.2, -0.15) is 0 Å². The Morgan fingerprint density at radius 2 is 1.08 bits per heavy atom. The molecule has 0 heterocycles. The summed E-state index contributed by atoms with van der Waals surface area (Å²) >= 11 is 0. The van der Waals surface area contributed by atoms with E-state index in [1.165, 1.54) is 38.5 Å². The van der Waals surface area contributed by atoms with Crippen molar-refractivity contribution in [3.05, 3.63) is 0 Å². The Morgan fingerprint density at radius 1 is 0.750 bits per heavy atom. The summed E-state index contributed by atoms with van der Waals surface area (Å²) in [5, 5.41) is 0. The third-order valence-corrected chi connectivity index (χ3v) is 3.56. The summed E-state index contributed by atoms with van der Waals surface area (Å²) in [6.07, 6.45) is 8.15. The first-order valence-corrected chi connectivity index (χ1v) is 6.55. The summed E-state index contributed by atoms with van der Waals surface area (Å²) in [5.41, 5.74) is 1.71. The third-order valence-electron chi connectivity index (χ3n) is 2.23. The second-order valence-electron chi connectivity index (χ2n) is 3.67. The Hall–Kier alpha value is 0.860. The molecule has 0 bridgehead atoms. The monoisotopic (exact) mass is 206 g/mol. The second-order valence-corrected chi connectivity index (χ2v) is 5.56. The molecule has 0 saturated carbocycles. The first-order chi connectivity index (χ1) is 5.70. The van der Waals surface area contributed by atoms with Crippen molar-refractivity contribution in [2.45, 2.75) is 63.7 Å². The van der Waals surface area contributed by atoms with Gasteiger partial charge in [0.1, 0.15) is 0 Å². The fourth-order valence-electron chi connectivity index (χ4n) is 1.46. The standard InChI is InChI=1S/C10H24P2/c1-3-5-9(11)7-8-10(12)6-4-2/h9-10H,3-8,11-12H2,1-2H3. The molecule has 74 valence electrons. The SMILES string of the molecule is CCCC(P)CCC(P)CCC. The molecule has 0 N–H and O–H groups in total. The molecule has 0 saturated heterocycles. The van der Waals surface area contributed by atoms with E-state index in [1.54, 1.807) is 0 Å². The van der Waals surface area contributed by atoms with Crippen molar-refractivity contribution < 1.29 is 0 Å². The van der Waals surface area contributed by atoms with Crippen molar-refractivity contribution in [2.24, 2.45) is 0 Å². The zero-order chi connectivity index (χ0) is 9.40. The van der Waals surface area contributed by atoms with E-state index in [2.05, 4.69) is 32.3 Å². The Kier molecular flexibility index (Phi) is 9.06. The van der Waals surface area contributed by atoms with Crippen LogP contribution in [0.4, 0.5) is 0 Å². The van der Waals surface area contributed by atoms with E-state index in [0.29, 0.717) is 0 Å². The van der Waals surface area contributed by atoms with Crippen LogP contribution in [0.25, 0.3) is 0 Å². The molecular weight excluding hydrogens is 182 g/mol. The molecule has 12 heavy (non-hydrogen) atoms. The van der Waals surface area contributed by atoms with Crippen molar-refractivity contribution in [3.63, 3.8) is 0 Å². The van der Waals surface area contributed by atoms with Crippen molar-refractivity contribution in [3.8, 4) is 0 Å². The number of rotatable bonds is 7. The van der Waals surface area contributed by atoms with Crippen molar-refractivity contribution >= 4 is 18.5 Å². The van der Waals surface area contributed by atoms with Gasteiger partial charge in [-0.05, 0) is 37.0 Å². The molecule has 0 aromatic rings. The minimum Gasteiger partial charge on any atom is -0.134 e. The summed E-state index contributed by atoms with van der Waals surface area (Å²) < 4.78 is 0. The maximum absolute atomic E-state index is 2.97. The smallest absolute Gasteiger partial charge is 0.0264 e. The molecule has 0 spiro atoms. The molecule has 0 radical (unpaired) electrons. The van der Waals surface area contributed by atoms with Crippen molar-refractivity contribution in [1.29, 1.82) is 0 Å². The van der Waals surface area contributed by atoms with Crippen LogP contribution in [-0.4, -0.2) is 11.3 Å². The highest BCUT2D eigenvalue weighted by Crippen LogP contribution is 2.21. The van der Waals surface area contributed by atoms with E-state index in [1.807, 2.05) is 0 Å². The fraction of sp³-hybridized carbons (Fsp3) is 1.00. The molecule has 2 heteroatoms. The van der Waals surface area contributed by atoms with Crippen LogP contribution in [0.2, 0.25) is 0 Å². The largest absolute Gasteiger partial charge is 0.134 e. The summed E-state index contributed by atoms with van der Waals surface area (Å²) in [4.78, 5) is 0. The van der Waals surface area contributed by atoms with Gasteiger partial charge in [-0.1, -0.05) is 26.7 Å². The molecule has 4 unspecified atom stereocenters. The summed E-state index contributed by atoms with van der Waals surface area (Å²) in [6, 6.07) is 0. The van der Waals surface area contributed by atoms with Crippen LogP contribution in [0, 0.1) is 0 Å². The zero-order valence-corrected chi connectivity index (χ0v) is 10.9. The minimum absolute atomic E-state index is 0.856. The van der Waals surface area contributed by atoms with Crippen LogP contribution in [0.1, 0.15) is 52.4 Å². The first-order valence-electron chi connectivity index (χ1n) is 5.21. The molecule has 0 aliphatic rings. The van der Waals surface area contributed by atoms with Gasteiger partial charge in [0.15, 0.2) is 0 Å². The van der Waals surface area contributed by atoms with E-state index < -0.39 is 0 Å². The average Bonchev–Trinajstić information content (AvgIpc) is 2.02. The minimum atomic E-state index is 0.856. The van der Waals surface area contributed by atoms with Crippen molar-refractivity contribution in [1.82, 2.24) is 0 Å². The highest BCUT2D eigenvalue weighted by Gasteiger charge is 2.04. The van der Waals surface area contributed by atoms with E-state index >= 15 is 0 Å². The number of hydrogen-bond donors (Lipinski definition) is 0. The summed E-state index contributed by atoms with van der Waals surface area (Å²) in [5.74, 6) is 0. The fourth-order valence-corrected chi connectivity index (χ4v) is 2.51. The van der Waals surface area contributed by atoms with Crippen LogP contribution in [0.3, 0.4) is 0 Å². The van der Waals surface area contributed by atoms with Gasteiger partial charge in [0.2, 0.25) is 0 Å². The highest BCUT2D eigenvalue weighted by atomic mass is 31.0. The van der Waals surface area contributed by atoms with E-state index in [-0.39, 0.29) is 0 Å². The topological polar surface area (TPSA) is 0 Å². The van der Waals surface area contributed by atoms with Crippen LogP contribution < -0.4 is 0 Å². The summed E-state index contributed by atoms with van der Waals surface area (Å²) in [7, 11) is 5.94. The molecule has 0 rings (SSSR count). The lowest BCUT2D eigenvalue weighted by molar-refractivity contribution is 0.606. The Morgan fingerprint density at radius 3 is 1.33 bits per heavy atom. The zero-order valence-electron chi connectivity index (χ0n) is 8.55. The normalized spacial score (nSPS) is 16.0. The lowest BCUT2D eigenvalue weighted by atomic mass is 10.1. The Labute approximate surface area is 82.7 Å². The van der Waals surface area contributed by atoms with E-state index in [0.717, 1.165) is 11.3 Å². The number of hydrogen-bond acceptors (Lipinski definition) is 0. The molecule has 0 aromatic carbocycles. The first kappa shape index (κ1) is 12.9. The van der Waals surface area contributed by atoms with Gasteiger partial charge in [-0.15, -0.1) is 18.5 Å². The van der Waals surface area contributed by atoms with Crippen LogP contribution in [0.15, 0.2) is 0 Å². The second kappa shape index (κ2) is 8.46. The molecule has 0 fully saturated rings. The predicted octanol–water partition coefficient (Wildman–Crippen LogP) is 3.85. The third kappa shape index (κ3) is 7.51. The lowest BCUT2D eigenvalue weighted by Crippen LogP contribution is -2.03. The van der Waals surface area contributed by atoms with Gasteiger partial charge in [-0.3, -0.25) is 0 Å². The van der Waals surface area contributed by atoms with Gasteiger partial charge in [0.25, 0.3) is 0 Å². The molecular formula is C10H24P2. The van der Waals surface area contributed by atoms with Gasteiger partial charge in [0, 0.05) is 0 Å². The van der Waals surface area contributed by atoms with Gasteiger partial charge in [0.05, 0.1) is 0 Å². The van der Waals surface area contributed by atoms with Crippen LogP contribution in [0.5, 0.6) is 0 Å². The van der Waals surface area contributed by atoms with Gasteiger partial charge >= 0.3 is 0 Å². The molecule has 0 nitrogen and oxygen atoms in total. The quantitative estimate of drug-likeness (QED) is 0.555. The lowest BCUT2D eigenvalue weighted by Gasteiger charge is -2.13. The Balaban J connectivity index is 3.27. The molecule has 0 aliphatic carbocycles. The maximum atomic E-state index is 2.97. The van der Waals surface area contributed by atoms with Crippen LogP contribution in [-0.2, 0) is 0 Å². The van der Waals surface area contributed by atoms with E-state index in [4.69, 9.17) is 0 Å². The maximum Gasteiger partial charge on any atom is -0.0264 e. The molecule has 0 aliphatic heterocycles. The molecule has 0 aromatic heterocycles. The van der Waals surface area contributed by atoms with Gasteiger partial charge < -0.3 is 0 Å². The van der Waals surface area contributed by atoms with Crippen LogP contribution >= 0.6 is 18.5 Å². The average molecular weight is 206 g/mol. The predicted molar refractivity (Wildman–Crippen MR) is 66.0 cm³/mol. The highest BCUT2D eigenvalue weighted by molar-refractivity contribution is 7.18. The van der Waals surface area contributed by atoms with Crippen molar-refractivity contribution in [2.75, 3.05) is 0 Å². The Bertz CT molecular complexity index is 81.8. The van der Waals surface area contributed by atoms with Gasteiger partial charge in [-0.25, -0.2) is 0 Å². The molecule has 0 amide bonds. The summed E-state index contributed by atoms with van der Waals surface area (Å²) in [6.45, 7) is 4.53.